The van der Waals surface area contributed by atoms with E-state index in [0.29, 0.717) is 16.7 Å². The van der Waals surface area contributed by atoms with Crippen molar-refractivity contribution in [2.24, 2.45) is 0 Å². The highest BCUT2D eigenvalue weighted by molar-refractivity contribution is 5.93. The van der Waals surface area contributed by atoms with E-state index in [0.717, 1.165) is 48.1 Å². The summed E-state index contributed by atoms with van der Waals surface area (Å²) in [5.41, 5.74) is 5.05. The summed E-state index contributed by atoms with van der Waals surface area (Å²) in [6.45, 7) is 5.80. The van der Waals surface area contributed by atoms with Gasteiger partial charge in [-0.2, -0.15) is 0 Å². The van der Waals surface area contributed by atoms with Crippen LogP contribution in [0.4, 0.5) is 5.69 Å². The fourth-order valence-corrected chi connectivity index (χ4v) is 4.87. The lowest BCUT2D eigenvalue weighted by atomic mass is 10.1. The number of nitrogens with one attached hydrogen (secondary N) is 2. The van der Waals surface area contributed by atoms with Crippen LogP contribution in [0.1, 0.15) is 54.5 Å². The standard InChI is InChI=1S/C27H32N4O3/c1-17-14-18(2)26(19(3)15-17)30-25(33)16-31-23-11-7-6-10-21(23)29-22(27(31)34)12-13-24(32)28-20-8-4-5-9-20/h6-7,10-11,14-15,20H,4-5,8-9,12-13,16H2,1-3H3,(H,28,32)(H,30,33). The van der Waals surface area contributed by atoms with Gasteiger partial charge in [0.25, 0.3) is 5.56 Å². The van der Waals surface area contributed by atoms with Gasteiger partial charge in [-0.25, -0.2) is 4.98 Å². The van der Waals surface area contributed by atoms with E-state index in [-0.39, 0.29) is 42.8 Å². The van der Waals surface area contributed by atoms with Gasteiger partial charge in [-0.05, 0) is 56.9 Å². The number of hydrogen-bond acceptors (Lipinski definition) is 4. The van der Waals surface area contributed by atoms with Crippen molar-refractivity contribution in [2.45, 2.75) is 71.9 Å². The van der Waals surface area contributed by atoms with Crippen LogP contribution < -0.4 is 16.2 Å². The Labute approximate surface area is 199 Å². The van der Waals surface area contributed by atoms with Gasteiger partial charge in [0, 0.05) is 24.6 Å². The van der Waals surface area contributed by atoms with E-state index in [9.17, 15) is 14.4 Å². The van der Waals surface area contributed by atoms with Gasteiger partial charge < -0.3 is 10.6 Å². The third-order valence-electron chi connectivity index (χ3n) is 6.47. The Bertz CT molecular complexity index is 1270. The summed E-state index contributed by atoms with van der Waals surface area (Å²) in [4.78, 5) is 43.2. The molecule has 1 heterocycles. The molecule has 0 bridgehead atoms. The van der Waals surface area contributed by atoms with Crippen molar-refractivity contribution in [2.75, 3.05) is 5.32 Å². The topological polar surface area (TPSA) is 93.1 Å². The Balaban J connectivity index is 1.55. The van der Waals surface area contributed by atoms with Crippen LogP contribution in [0.3, 0.4) is 0 Å². The Kier molecular flexibility index (Phi) is 7.10. The van der Waals surface area contributed by atoms with Crippen LogP contribution in [0.2, 0.25) is 0 Å². The Morgan fingerprint density at radius 2 is 1.71 bits per heavy atom. The zero-order valence-electron chi connectivity index (χ0n) is 20.1. The molecule has 2 N–H and O–H groups in total. The number of benzene rings is 2. The molecule has 0 unspecified atom stereocenters. The minimum atomic E-state index is -0.333. The normalized spacial score (nSPS) is 13.9. The number of aromatic nitrogens is 2. The predicted octanol–water partition coefficient (Wildman–Crippen LogP) is 3.95. The number of nitrogens with zero attached hydrogens (tertiary/aromatic N) is 2. The first kappa shape index (κ1) is 23.7. The molecule has 7 nitrogen and oxygen atoms in total. The maximum absolute atomic E-state index is 13.3. The SMILES string of the molecule is Cc1cc(C)c(NC(=O)Cn2c(=O)c(CCC(=O)NC3CCCC3)nc3ccccc32)c(C)c1. The first-order valence-corrected chi connectivity index (χ1v) is 12.0. The molecule has 0 saturated heterocycles. The number of fused-ring (bicyclic) bond motifs is 1. The summed E-state index contributed by atoms with van der Waals surface area (Å²) >= 11 is 0. The number of rotatable bonds is 7. The maximum atomic E-state index is 13.3. The third kappa shape index (κ3) is 5.35. The highest BCUT2D eigenvalue weighted by atomic mass is 16.2. The summed E-state index contributed by atoms with van der Waals surface area (Å²) in [5.74, 6) is -0.339. The van der Waals surface area contributed by atoms with Crippen molar-refractivity contribution in [3.8, 4) is 0 Å². The first-order chi connectivity index (χ1) is 16.3. The van der Waals surface area contributed by atoms with Crippen molar-refractivity contribution >= 4 is 28.5 Å². The number of carbonyl (C=O) groups excluding carboxylic acids is 2. The molecule has 1 aliphatic carbocycles. The van der Waals surface area contributed by atoms with Gasteiger partial charge in [0.15, 0.2) is 0 Å². The lowest BCUT2D eigenvalue weighted by Crippen LogP contribution is -2.34. The van der Waals surface area contributed by atoms with Crippen LogP contribution >= 0.6 is 0 Å². The fraction of sp³-hybridized carbons (Fsp3) is 0.407. The van der Waals surface area contributed by atoms with Crippen molar-refractivity contribution in [3.63, 3.8) is 0 Å². The summed E-state index contributed by atoms with van der Waals surface area (Å²) in [6, 6.07) is 11.6. The van der Waals surface area contributed by atoms with E-state index in [4.69, 9.17) is 0 Å². The maximum Gasteiger partial charge on any atom is 0.273 e. The van der Waals surface area contributed by atoms with Gasteiger partial charge in [-0.3, -0.25) is 19.0 Å². The first-order valence-electron chi connectivity index (χ1n) is 12.0. The molecule has 2 amide bonds. The number of amides is 2. The van der Waals surface area contributed by atoms with Crippen molar-refractivity contribution < 1.29 is 9.59 Å². The second-order valence-corrected chi connectivity index (χ2v) is 9.31. The van der Waals surface area contributed by atoms with E-state index >= 15 is 0 Å². The van der Waals surface area contributed by atoms with E-state index in [1.807, 2.05) is 51.1 Å². The third-order valence-corrected chi connectivity index (χ3v) is 6.47. The van der Waals surface area contributed by atoms with Crippen LogP contribution in [0.15, 0.2) is 41.2 Å². The Morgan fingerprint density at radius 1 is 1.03 bits per heavy atom. The largest absolute Gasteiger partial charge is 0.353 e. The van der Waals surface area contributed by atoms with Crippen LogP contribution in [0.5, 0.6) is 0 Å². The molecule has 1 saturated carbocycles. The average molecular weight is 461 g/mol. The van der Waals surface area contributed by atoms with Crippen molar-refractivity contribution in [3.05, 3.63) is 69.1 Å². The second kappa shape index (κ2) is 10.2. The minimum absolute atomic E-state index is 0.0594. The molecule has 0 aliphatic heterocycles. The number of para-hydroxylation sites is 2. The summed E-state index contributed by atoms with van der Waals surface area (Å²) in [5, 5.41) is 6.03. The highest BCUT2D eigenvalue weighted by Gasteiger charge is 2.19. The molecule has 0 atom stereocenters. The zero-order chi connectivity index (χ0) is 24.2. The van der Waals surface area contributed by atoms with Gasteiger partial charge in [0.1, 0.15) is 12.2 Å². The number of hydrogen-bond donors (Lipinski definition) is 2. The lowest BCUT2D eigenvalue weighted by Gasteiger charge is -2.15. The molecule has 34 heavy (non-hydrogen) atoms. The van der Waals surface area contributed by atoms with Gasteiger partial charge in [0.2, 0.25) is 11.8 Å². The Hall–Kier alpha value is -3.48. The molecule has 0 spiro atoms. The molecule has 3 aromatic rings. The van der Waals surface area contributed by atoms with E-state index in [1.54, 1.807) is 6.07 Å². The van der Waals surface area contributed by atoms with Gasteiger partial charge in [-0.15, -0.1) is 0 Å². The van der Waals surface area contributed by atoms with Crippen LogP contribution in [-0.2, 0) is 22.6 Å². The predicted molar refractivity (Wildman–Crippen MR) is 134 cm³/mol. The summed E-state index contributed by atoms with van der Waals surface area (Å²) < 4.78 is 1.46. The Morgan fingerprint density at radius 3 is 2.41 bits per heavy atom. The van der Waals surface area contributed by atoms with Gasteiger partial charge in [0.05, 0.1) is 11.0 Å². The van der Waals surface area contributed by atoms with Crippen molar-refractivity contribution in [1.29, 1.82) is 0 Å². The van der Waals surface area contributed by atoms with Crippen molar-refractivity contribution in [1.82, 2.24) is 14.9 Å². The molecule has 1 fully saturated rings. The smallest absolute Gasteiger partial charge is 0.273 e. The fourth-order valence-electron chi connectivity index (χ4n) is 4.87. The quantitative estimate of drug-likeness (QED) is 0.558. The molecule has 7 heteroatoms. The molecular formula is C27H32N4O3. The van der Waals surface area contributed by atoms with Crippen LogP contribution in [0, 0.1) is 20.8 Å². The van der Waals surface area contributed by atoms with E-state index in [1.165, 1.54) is 4.57 Å². The molecule has 178 valence electrons. The molecular weight excluding hydrogens is 428 g/mol. The monoisotopic (exact) mass is 460 g/mol. The molecule has 0 radical (unpaired) electrons. The summed E-state index contributed by atoms with van der Waals surface area (Å²) in [7, 11) is 0. The van der Waals surface area contributed by atoms with E-state index < -0.39 is 0 Å². The molecule has 4 rings (SSSR count). The summed E-state index contributed by atoms with van der Waals surface area (Å²) in [6.07, 6.45) is 4.76. The average Bonchev–Trinajstić information content (AvgIpc) is 3.30. The zero-order valence-corrected chi connectivity index (χ0v) is 20.1. The van der Waals surface area contributed by atoms with Gasteiger partial charge >= 0.3 is 0 Å². The number of carbonyl (C=O) groups is 2. The lowest BCUT2D eigenvalue weighted by molar-refractivity contribution is -0.121. The molecule has 1 aromatic heterocycles. The van der Waals surface area contributed by atoms with Crippen LogP contribution in [0.25, 0.3) is 11.0 Å². The number of aryl methyl sites for hydroxylation is 4. The highest BCUT2D eigenvalue weighted by Crippen LogP contribution is 2.22. The minimum Gasteiger partial charge on any atom is -0.353 e. The number of anilines is 1. The molecule has 2 aromatic carbocycles. The second-order valence-electron chi connectivity index (χ2n) is 9.31. The van der Waals surface area contributed by atoms with Gasteiger partial charge in [-0.1, -0.05) is 42.7 Å². The van der Waals surface area contributed by atoms with Crippen LogP contribution in [-0.4, -0.2) is 27.4 Å². The molecule has 1 aliphatic rings. The van der Waals surface area contributed by atoms with E-state index in [2.05, 4.69) is 15.6 Å².